The monoisotopic (exact) mass is 699 g/mol. The molecule has 3 aliphatic rings. The van der Waals surface area contributed by atoms with Crippen molar-refractivity contribution in [1.82, 2.24) is 0 Å². The Morgan fingerprint density at radius 1 is 0.558 bits per heavy atom. The van der Waals surface area contributed by atoms with Crippen LogP contribution in [0.15, 0.2) is 84.9 Å². The van der Waals surface area contributed by atoms with Crippen molar-refractivity contribution >= 4 is 71.7 Å². The molecule has 0 spiro atoms. The van der Waals surface area contributed by atoms with Crippen molar-refractivity contribution < 1.29 is 0 Å². The third-order valence-electron chi connectivity index (χ3n) is 13.3. The zero-order valence-electron chi connectivity index (χ0n) is 33.4. The molecule has 9 rings (SSSR count). The van der Waals surface area contributed by atoms with Gasteiger partial charge in [-0.15, -0.1) is 11.3 Å². The molecule has 3 heterocycles. The lowest BCUT2D eigenvalue weighted by molar-refractivity contribution is 0.332. The van der Waals surface area contributed by atoms with Crippen LogP contribution in [0.1, 0.15) is 129 Å². The van der Waals surface area contributed by atoms with Gasteiger partial charge in [0.1, 0.15) is 0 Å². The molecule has 0 atom stereocenters. The average molecular weight is 700 g/mol. The van der Waals surface area contributed by atoms with Gasteiger partial charge in [-0.3, -0.25) is 0 Å². The quantitative estimate of drug-likeness (QED) is 0.154. The van der Waals surface area contributed by atoms with Crippen molar-refractivity contribution in [2.24, 2.45) is 0 Å². The Morgan fingerprint density at radius 2 is 1.23 bits per heavy atom. The Bertz CT molecular complexity index is 2480. The average Bonchev–Trinajstić information content (AvgIpc) is 3.43. The molecule has 0 radical (unpaired) electrons. The molecule has 0 bridgehead atoms. The summed E-state index contributed by atoms with van der Waals surface area (Å²) in [5, 5.41) is 2.72. The van der Waals surface area contributed by atoms with Gasteiger partial charge < -0.3 is 4.90 Å². The summed E-state index contributed by atoms with van der Waals surface area (Å²) in [6.45, 7) is 29.1. The molecular weight excluding hydrogens is 645 g/mol. The predicted molar refractivity (Wildman–Crippen MR) is 230 cm³/mol. The third-order valence-corrected chi connectivity index (χ3v) is 14.4. The Balaban J connectivity index is 1.43. The number of thiophene rings is 1. The molecule has 52 heavy (non-hydrogen) atoms. The first-order valence-electron chi connectivity index (χ1n) is 19.5. The van der Waals surface area contributed by atoms with Gasteiger partial charge in [-0.1, -0.05) is 137 Å². The molecule has 0 unspecified atom stereocenters. The van der Waals surface area contributed by atoms with Gasteiger partial charge >= 0.3 is 0 Å². The normalized spacial score (nSPS) is 18.2. The van der Waals surface area contributed by atoms with E-state index in [-0.39, 0.29) is 33.8 Å². The van der Waals surface area contributed by atoms with Crippen molar-refractivity contribution in [2.45, 2.75) is 123 Å². The van der Waals surface area contributed by atoms with E-state index in [9.17, 15) is 0 Å². The highest BCUT2D eigenvalue weighted by atomic mass is 32.1. The summed E-state index contributed by atoms with van der Waals surface area (Å²) in [5.41, 5.74) is 17.3. The summed E-state index contributed by atoms with van der Waals surface area (Å²) in [6, 6.07) is 34.2. The number of benzene rings is 5. The molecular formula is C49H54BNS. The molecule has 0 saturated heterocycles. The second-order valence-corrected chi connectivity index (χ2v) is 21.2. The van der Waals surface area contributed by atoms with E-state index in [1.165, 1.54) is 99.8 Å². The van der Waals surface area contributed by atoms with Crippen LogP contribution < -0.4 is 21.3 Å². The minimum Gasteiger partial charge on any atom is -0.311 e. The molecule has 3 heteroatoms. The van der Waals surface area contributed by atoms with E-state index in [1.807, 2.05) is 11.3 Å². The van der Waals surface area contributed by atoms with E-state index in [4.69, 9.17) is 0 Å². The van der Waals surface area contributed by atoms with E-state index in [2.05, 4.69) is 173 Å². The van der Waals surface area contributed by atoms with E-state index in [1.54, 1.807) is 0 Å². The van der Waals surface area contributed by atoms with Crippen LogP contribution in [0, 0.1) is 0 Å². The Kier molecular flexibility index (Phi) is 6.96. The Morgan fingerprint density at radius 3 is 1.94 bits per heavy atom. The van der Waals surface area contributed by atoms with Crippen molar-refractivity contribution in [1.29, 1.82) is 0 Å². The number of fused-ring (bicyclic) bond motifs is 8. The molecule has 0 amide bonds. The molecule has 0 saturated carbocycles. The van der Waals surface area contributed by atoms with Crippen LogP contribution in [-0.4, -0.2) is 6.71 Å². The summed E-state index contributed by atoms with van der Waals surface area (Å²) in [4.78, 5) is 2.68. The molecule has 264 valence electrons. The molecule has 0 fully saturated rings. The highest BCUT2D eigenvalue weighted by molar-refractivity contribution is 7.26. The zero-order valence-corrected chi connectivity index (χ0v) is 34.2. The first kappa shape index (κ1) is 34.0. The maximum absolute atomic E-state index is 2.68. The fourth-order valence-corrected chi connectivity index (χ4v) is 11.0. The van der Waals surface area contributed by atoms with Crippen molar-refractivity contribution in [3.63, 3.8) is 0 Å². The van der Waals surface area contributed by atoms with Crippen molar-refractivity contribution in [3.8, 4) is 0 Å². The third kappa shape index (κ3) is 4.80. The van der Waals surface area contributed by atoms with Gasteiger partial charge in [0.15, 0.2) is 0 Å². The van der Waals surface area contributed by atoms with Gasteiger partial charge in [0.25, 0.3) is 0 Å². The maximum atomic E-state index is 2.68. The minimum absolute atomic E-state index is 0.00515. The van der Waals surface area contributed by atoms with Crippen LogP contribution in [0.3, 0.4) is 0 Å². The Labute approximate surface area is 316 Å². The van der Waals surface area contributed by atoms with Crippen molar-refractivity contribution in [3.05, 3.63) is 118 Å². The molecule has 0 N–H and O–H groups in total. The number of hydrogen-bond donors (Lipinski definition) is 0. The molecule has 5 aromatic carbocycles. The standard InChI is InChI=1S/C49H54BNS/c1-45(2,3)29-17-19-35-38(24-29)50-39-28-43-33(32-15-13-14-16-42(32)52-43)27-40(39)51(31-18-20-34-36(26-31)48(9,10)22-21-47(34,7)8)41-25-30(46(4,5)6)23-37(44(41)50)49(35,11)12/h13-20,23-28H,21-22H2,1-12H3. The summed E-state index contributed by atoms with van der Waals surface area (Å²) in [7, 11) is 0. The summed E-state index contributed by atoms with van der Waals surface area (Å²) in [6.07, 6.45) is 2.42. The number of hydrogen-bond acceptors (Lipinski definition) is 2. The van der Waals surface area contributed by atoms with Gasteiger partial charge in [-0.25, -0.2) is 0 Å². The lowest BCUT2D eigenvalue weighted by Crippen LogP contribution is -2.64. The van der Waals surface area contributed by atoms with Crippen LogP contribution in [0.25, 0.3) is 20.2 Å². The smallest absolute Gasteiger partial charge is 0.247 e. The van der Waals surface area contributed by atoms with Gasteiger partial charge in [0, 0.05) is 42.6 Å². The van der Waals surface area contributed by atoms with Crippen LogP contribution in [0.2, 0.25) is 0 Å². The van der Waals surface area contributed by atoms with Gasteiger partial charge in [-0.05, 0) is 115 Å². The summed E-state index contributed by atoms with van der Waals surface area (Å²) < 4.78 is 2.74. The van der Waals surface area contributed by atoms with Crippen molar-refractivity contribution in [2.75, 3.05) is 4.90 Å². The van der Waals surface area contributed by atoms with Crippen LogP contribution in [-0.2, 0) is 27.1 Å². The minimum atomic E-state index is -0.152. The highest BCUT2D eigenvalue weighted by Gasteiger charge is 2.48. The molecule has 6 aromatic rings. The van der Waals surface area contributed by atoms with E-state index < -0.39 is 0 Å². The van der Waals surface area contributed by atoms with Crippen LogP contribution in [0.4, 0.5) is 17.1 Å². The fraction of sp³-hybridized carbons (Fsp3) is 0.388. The van der Waals surface area contributed by atoms with E-state index in [0.717, 1.165) is 0 Å². The lowest BCUT2D eigenvalue weighted by atomic mass is 9.30. The molecule has 1 aromatic heterocycles. The van der Waals surface area contributed by atoms with Gasteiger partial charge in [-0.2, -0.15) is 0 Å². The SMILES string of the molecule is CC(C)(C)c1ccc2c(c1)B1c3cc4sc5ccccc5c4cc3N(c3ccc4c(c3)C(C)(C)CCC4(C)C)c3cc(C(C)(C)C)cc(c31)C2(C)C. The number of rotatable bonds is 1. The first-order chi connectivity index (χ1) is 24.3. The lowest BCUT2D eigenvalue weighted by Gasteiger charge is -2.47. The van der Waals surface area contributed by atoms with Crippen LogP contribution >= 0.6 is 11.3 Å². The first-order valence-corrected chi connectivity index (χ1v) is 20.3. The predicted octanol–water partition coefficient (Wildman–Crippen LogP) is 11.9. The Hall–Kier alpha value is -3.82. The number of nitrogens with zero attached hydrogens (tertiary/aromatic N) is 1. The van der Waals surface area contributed by atoms with Crippen LogP contribution in [0.5, 0.6) is 0 Å². The second kappa shape index (κ2) is 10.7. The fourth-order valence-electron chi connectivity index (χ4n) is 9.86. The summed E-state index contributed by atoms with van der Waals surface area (Å²) >= 11 is 1.94. The number of anilines is 3. The largest absolute Gasteiger partial charge is 0.311 e. The maximum Gasteiger partial charge on any atom is 0.247 e. The zero-order chi connectivity index (χ0) is 36.9. The topological polar surface area (TPSA) is 3.24 Å². The highest BCUT2D eigenvalue weighted by Crippen LogP contribution is 2.51. The van der Waals surface area contributed by atoms with E-state index >= 15 is 0 Å². The molecule has 1 aliphatic carbocycles. The molecule has 2 aliphatic heterocycles. The van der Waals surface area contributed by atoms with Gasteiger partial charge in [0.2, 0.25) is 6.71 Å². The van der Waals surface area contributed by atoms with E-state index in [0.29, 0.717) is 0 Å². The molecule has 1 nitrogen and oxygen atoms in total. The second-order valence-electron chi connectivity index (χ2n) is 20.2. The summed E-state index contributed by atoms with van der Waals surface area (Å²) in [5.74, 6) is 0. The van der Waals surface area contributed by atoms with Gasteiger partial charge in [0.05, 0.1) is 0 Å².